The van der Waals surface area contributed by atoms with Crippen molar-refractivity contribution in [2.24, 2.45) is 0 Å². The van der Waals surface area contributed by atoms with E-state index in [1.54, 1.807) is 0 Å². The molecule has 0 radical (unpaired) electrons. The molecular weight excluding hydrogens is 805 g/mol. The monoisotopic (exact) mass is 873 g/mol. The number of hydrogen-bond donors (Lipinski definition) is 0. The van der Waals surface area contributed by atoms with Gasteiger partial charge in [0, 0.05) is 45.9 Å². The van der Waals surface area contributed by atoms with Gasteiger partial charge in [0.1, 0.15) is 24.0 Å². The fraction of sp³-hybridized carbons (Fsp3) is 0.328. The van der Waals surface area contributed by atoms with E-state index in [2.05, 4.69) is 251 Å². The number of pyridine rings is 1. The maximum Gasteiger partial charge on any atom is 0.137 e. The molecule has 9 rings (SSSR count). The first-order valence-electron chi connectivity index (χ1n) is 23.7. The summed E-state index contributed by atoms with van der Waals surface area (Å²) in [5, 5.41) is 2.35. The number of aromatic nitrogens is 2. The molecule has 338 valence electrons. The molecule has 3 heterocycles. The average Bonchev–Trinajstić information content (AvgIpc) is 3.81. The van der Waals surface area contributed by atoms with Gasteiger partial charge in [-0.15, -0.1) is 0 Å². The van der Waals surface area contributed by atoms with Crippen LogP contribution in [0.15, 0.2) is 146 Å². The Kier molecular flexibility index (Phi) is 10.8. The molecule has 0 saturated carbocycles. The summed E-state index contributed by atoms with van der Waals surface area (Å²) in [5.74, 6) is 2.46. The highest BCUT2D eigenvalue weighted by molar-refractivity contribution is 6.09. The van der Waals surface area contributed by atoms with Crippen molar-refractivity contribution in [3.8, 4) is 17.3 Å². The average molecular weight is 873 g/mol. The molecule has 5 heteroatoms. The molecule has 1 aliphatic rings. The summed E-state index contributed by atoms with van der Waals surface area (Å²) < 4.78 is 9.42. The molecule has 0 N–H and O–H groups in total. The first kappa shape index (κ1) is 44.9. The van der Waals surface area contributed by atoms with Gasteiger partial charge in [-0.05, 0) is 122 Å². The van der Waals surface area contributed by atoms with Crippen LogP contribution in [-0.4, -0.2) is 16.2 Å². The molecule has 0 amide bonds. The van der Waals surface area contributed by atoms with Crippen molar-refractivity contribution in [3.05, 3.63) is 179 Å². The van der Waals surface area contributed by atoms with Crippen LogP contribution in [0.3, 0.4) is 0 Å². The van der Waals surface area contributed by atoms with Crippen molar-refractivity contribution in [2.45, 2.75) is 124 Å². The minimum atomic E-state index is -0.326. The Morgan fingerprint density at radius 1 is 0.409 bits per heavy atom. The van der Waals surface area contributed by atoms with Crippen LogP contribution in [-0.2, 0) is 27.1 Å². The van der Waals surface area contributed by atoms with Crippen LogP contribution in [0.1, 0.15) is 130 Å². The van der Waals surface area contributed by atoms with Crippen LogP contribution in [0.5, 0.6) is 11.5 Å². The molecule has 0 unspecified atom stereocenters. The van der Waals surface area contributed by atoms with Crippen LogP contribution >= 0.6 is 0 Å². The van der Waals surface area contributed by atoms with E-state index in [0.29, 0.717) is 6.67 Å². The van der Waals surface area contributed by atoms with Crippen molar-refractivity contribution < 1.29 is 4.74 Å². The standard InChI is InChI=1S/C61H68N4O/c1-57(2,3)41-24-27-53-55(35-41)64(39-63(53)46-31-43(59(7,8)9)30-44(32-46)60(10,11)12)47-33-45(61(13,14)40-20-16-15-17-21-40)34-49(37-47)66-48-25-26-51-50-22-18-19-23-52(50)65(54(51)38-48)56-36-42(28-29-62-56)58(4,5)6/h15-38H,39H2,1-14H3. The molecule has 0 fully saturated rings. The fourth-order valence-corrected chi connectivity index (χ4v) is 9.39. The first-order valence-corrected chi connectivity index (χ1v) is 23.7. The number of nitrogens with zero attached hydrogens (tertiary/aromatic N) is 4. The number of rotatable bonds is 7. The number of ether oxygens (including phenoxy) is 1. The lowest BCUT2D eigenvalue weighted by molar-refractivity contribution is 0.480. The second-order valence-electron chi connectivity index (χ2n) is 23.2. The van der Waals surface area contributed by atoms with E-state index in [-0.39, 0.29) is 27.1 Å². The minimum Gasteiger partial charge on any atom is -0.457 e. The fourth-order valence-electron chi connectivity index (χ4n) is 9.39. The summed E-state index contributed by atoms with van der Waals surface area (Å²) in [7, 11) is 0. The van der Waals surface area contributed by atoms with Crippen LogP contribution in [0.2, 0.25) is 0 Å². The number of fused-ring (bicyclic) bond motifs is 4. The van der Waals surface area contributed by atoms with E-state index in [0.717, 1.165) is 39.4 Å². The Balaban J connectivity index is 1.21. The van der Waals surface area contributed by atoms with Crippen molar-refractivity contribution in [2.75, 3.05) is 16.5 Å². The Morgan fingerprint density at radius 2 is 0.985 bits per heavy atom. The van der Waals surface area contributed by atoms with Gasteiger partial charge in [-0.1, -0.05) is 158 Å². The topological polar surface area (TPSA) is 33.5 Å². The number of hydrogen-bond acceptors (Lipinski definition) is 4. The van der Waals surface area contributed by atoms with Crippen molar-refractivity contribution in [1.82, 2.24) is 9.55 Å². The summed E-state index contributed by atoms with van der Waals surface area (Å²) in [5.41, 5.74) is 14.1. The second kappa shape index (κ2) is 15.9. The lowest BCUT2D eigenvalue weighted by atomic mass is 9.78. The Labute approximate surface area is 394 Å². The zero-order valence-electron chi connectivity index (χ0n) is 41.8. The van der Waals surface area contributed by atoms with Gasteiger partial charge in [-0.3, -0.25) is 4.57 Å². The normalized spacial score (nSPS) is 13.8. The molecule has 0 atom stereocenters. The van der Waals surface area contributed by atoms with Gasteiger partial charge in [0.25, 0.3) is 0 Å². The maximum absolute atomic E-state index is 7.13. The summed E-state index contributed by atoms with van der Waals surface area (Å²) in [6.45, 7) is 32.9. The minimum absolute atomic E-state index is 0.0116. The summed E-state index contributed by atoms with van der Waals surface area (Å²) in [6.07, 6.45) is 1.94. The third-order valence-electron chi connectivity index (χ3n) is 13.8. The Morgan fingerprint density at radius 3 is 1.65 bits per heavy atom. The van der Waals surface area contributed by atoms with Gasteiger partial charge in [-0.2, -0.15) is 0 Å². The summed E-state index contributed by atoms with van der Waals surface area (Å²) in [4.78, 5) is 9.95. The molecule has 8 aromatic rings. The van der Waals surface area contributed by atoms with Gasteiger partial charge >= 0.3 is 0 Å². The van der Waals surface area contributed by atoms with E-state index < -0.39 is 0 Å². The second-order valence-corrected chi connectivity index (χ2v) is 23.2. The van der Waals surface area contributed by atoms with Gasteiger partial charge < -0.3 is 14.5 Å². The molecule has 6 aromatic carbocycles. The Bertz CT molecular complexity index is 3080. The smallest absolute Gasteiger partial charge is 0.137 e. The highest BCUT2D eigenvalue weighted by Gasteiger charge is 2.34. The zero-order valence-corrected chi connectivity index (χ0v) is 41.8. The van der Waals surface area contributed by atoms with E-state index in [1.165, 1.54) is 55.8 Å². The quantitative estimate of drug-likeness (QED) is 0.160. The first-order chi connectivity index (χ1) is 31.0. The molecule has 1 aliphatic heterocycles. The Hall–Kier alpha value is -6.33. The third kappa shape index (κ3) is 8.38. The van der Waals surface area contributed by atoms with Gasteiger partial charge in [-0.25, -0.2) is 4.98 Å². The molecule has 0 spiro atoms. The third-order valence-corrected chi connectivity index (χ3v) is 13.8. The van der Waals surface area contributed by atoms with Crippen molar-refractivity contribution >= 4 is 44.6 Å². The number of benzene rings is 6. The summed E-state index contributed by atoms with van der Waals surface area (Å²) in [6, 6.07) is 51.5. The van der Waals surface area contributed by atoms with Crippen LogP contribution in [0.25, 0.3) is 27.6 Å². The largest absolute Gasteiger partial charge is 0.457 e. The van der Waals surface area contributed by atoms with Crippen LogP contribution in [0, 0.1) is 0 Å². The molecule has 66 heavy (non-hydrogen) atoms. The highest BCUT2D eigenvalue weighted by Crippen LogP contribution is 2.49. The molecular formula is C61H68N4O. The predicted molar refractivity (Wildman–Crippen MR) is 280 cm³/mol. The van der Waals surface area contributed by atoms with Crippen LogP contribution in [0.4, 0.5) is 22.7 Å². The maximum atomic E-state index is 7.13. The lowest BCUT2D eigenvalue weighted by Gasteiger charge is -2.30. The predicted octanol–water partition coefficient (Wildman–Crippen LogP) is 16.7. The molecule has 5 nitrogen and oxygen atoms in total. The van der Waals surface area contributed by atoms with Gasteiger partial charge in [0.15, 0.2) is 0 Å². The highest BCUT2D eigenvalue weighted by atomic mass is 16.5. The zero-order chi connectivity index (χ0) is 47.1. The number of para-hydroxylation sites is 1. The molecule has 2 aromatic heterocycles. The summed E-state index contributed by atoms with van der Waals surface area (Å²) >= 11 is 0. The number of anilines is 4. The van der Waals surface area contributed by atoms with E-state index in [9.17, 15) is 0 Å². The van der Waals surface area contributed by atoms with Crippen molar-refractivity contribution in [3.63, 3.8) is 0 Å². The molecule has 0 bridgehead atoms. The van der Waals surface area contributed by atoms with Gasteiger partial charge in [0.05, 0.1) is 22.4 Å². The molecule has 0 saturated heterocycles. The lowest BCUT2D eigenvalue weighted by Crippen LogP contribution is -2.26. The van der Waals surface area contributed by atoms with E-state index in [4.69, 9.17) is 9.72 Å². The van der Waals surface area contributed by atoms with E-state index >= 15 is 0 Å². The SMILES string of the molecule is CC(C)(C)c1cc(N2CN(c3cc(Oc4ccc5c6ccccc6n(-c6cc(C(C)(C)C)ccn6)c5c4)cc(C(C)(C)c4ccccc4)c3)c3cc(C(C)(C)C)ccc32)cc(C(C)(C)C)c1. The van der Waals surface area contributed by atoms with Gasteiger partial charge in [0.2, 0.25) is 0 Å². The molecule has 0 aliphatic carbocycles. The van der Waals surface area contributed by atoms with Crippen molar-refractivity contribution in [1.29, 1.82) is 0 Å². The van der Waals surface area contributed by atoms with Crippen LogP contribution < -0.4 is 14.5 Å². The van der Waals surface area contributed by atoms with E-state index in [1.807, 2.05) is 6.20 Å².